The van der Waals surface area contributed by atoms with Crippen molar-refractivity contribution in [3.63, 3.8) is 0 Å². The summed E-state index contributed by atoms with van der Waals surface area (Å²) in [6, 6.07) is 6.11. The van der Waals surface area contributed by atoms with E-state index in [0.717, 1.165) is 27.0 Å². The van der Waals surface area contributed by atoms with E-state index in [1.54, 1.807) is 0 Å². The molecular weight excluding hydrogens is 294 g/mol. The molecule has 0 fully saturated rings. The van der Waals surface area contributed by atoms with Crippen LogP contribution in [0.5, 0.6) is 11.5 Å². The van der Waals surface area contributed by atoms with Gasteiger partial charge in [-0.15, -0.1) is 0 Å². The highest BCUT2D eigenvalue weighted by molar-refractivity contribution is 9.10. The number of hydrogen-bond acceptors (Lipinski definition) is 3. The lowest BCUT2D eigenvalue weighted by Crippen LogP contribution is -2.15. The van der Waals surface area contributed by atoms with Gasteiger partial charge in [-0.05, 0) is 39.5 Å². The number of rotatable bonds is 1. The molecule has 18 heavy (non-hydrogen) atoms. The summed E-state index contributed by atoms with van der Waals surface area (Å²) in [6.07, 6.45) is 0. The van der Waals surface area contributed by atoms with Crippen LogP contribution >= 0.6 is 15.9 Å². The molecule has 0 radical (unpaired) electrons. The minimum Gasteiger partial charge on any atom is -0.486 e. The summed E-state index contributed by atoms with van der Waals surface area (Å²) in [7, 11) is 0. The molecule has 1 aromatic carbocycles. The first-order valence-corrected chi connectivity index (χ1v) is 6.84. The van der Waals surface area contributed by atoms with Crippen molar-refractivity contribution in [2.24, 2.45) is 0 Å². The topological polar surface area (TPSA) is 31.4 Å². The Morgan fingerprint density at radius 3 is 2.44 bits per heavy atom. The van der Waals surface area contributed by atoms with Crippen molar-refractivity contribution in [1.29, 1.82) is 0 Å². The van der Waals surface area contributed by atoms with E-state index in [9.17, 15) is 0 Å². The molecule has 94 valence electrons. The minimum absolute atomic E-state index is 0.435. The van der Waals surface area contributed by atoms with Crippen LogP contribution < -0.4 is 9.47 Å². The van der Waals surface area contributed by atoms with Crippen LogP contribution in [0, 0.1) is 0 Å². The van der Waals surface area contributed by atoms with Gasteiger partial charge in [-0.3, -0.25) is 0 Å². The van der Waals surface area contributed by atoms with Gasteiger partial charge in [-0.1, -0.05) is 13.8 Å². The standard InChI is InChI=1S/C14H14BrNO2/c1-8(2)10-5-9-6-12-13(18-4-3-17-12)7-11(9)16-14(10)15/h5-8H,3-4H2,1-2H3. The van der Waals surface area contributed by atoms with Gasteiger partial charge >= 0.3 is 0 Å². The van der Waals surface area contributed by atoms with Crippen molar-refractivity contribution >= 4 is 26.8 Å². The van der Waals surface area contributed by atoms with Crippen molar-refractivity contribution in [2.75, 3.05) is 13.2 Å². The van der Waals surface area contributed by atoms with Gasteiger partial charge in [0.1, 0.15) is 17.8 Å². The summed E-state index contributed by atoms with van der Waals surface area (Å²) in [4.78, 5) is 4.59. The molecule has 0 unspecified atom stereocenters. The molecule has 0 amide bonds. The zero-order valence-corrected chi connectivity index (χ0v) is 12.0. The smallest absolute Gasteiger partial charge is 0.163 e. The highest BCUT2D eigenvalue weighted by atomic mass is 79.9. The van der Waals surface area contributed by atoms with E-state index >= 15 is 0 Å². The lowest BCUT2D eigenvalue weighted by molar-refractivity contribution is 0.172. The molecule has 1 aliphatic heterocycles. The lowest BCUT2D eigenvalue weighted by Gasteiger charge is -2.19. The molecule has 0 saturated heterocycles. The molecule has 1 aliphatic rings. The van der Waals surface area contributed by atoms with Crippen molar-refractivity contribution in [3.05, 3.63) is 28.4 Å². The first-order chi connectivity index (χ1) is 8.65. The molecule has 0 atom stereocenters. The number of aromatic nitrogens is 1. The quantitative estimate of drug-likeness (QED) is 0.749. The highest BCUT2D eigenvalue weighted by Crippen LogP contribution is 2.36. The first kappa shape index (κ1) is 11.8. The molecule has 3 rings (SSSR count). The van der Waals surface area contributed by atoms with Gasteiger partial charge in [0.2, 0.25) is 0 Å². The van der Waals surface area contributed by atoms with Gasteiger partial charge in [0, 0.05) is 11.5 Å². The summed E-state index contributed by atoms with van der Waals surface area (Å²) in [5.41, 5.74) is 2.13. The molecule has 0 spiro atoms. The maximum absolute atomic E-state index is 5.60. The zero-order valence-electron chi connectivity index (χ0n) is 10.4. The summed E-state index contributed by atoms with van der Waals surface area (Å²) >= 11 is 3.53. The van der Waals surface area contributed by atoms with Gasteiger partial charge in [-0.2, -0.15) is 0 Å². The average Bonchev–Trinajstić information content (AvgIpc) is 2.35. The van der Waals surface area contributed by atoms with Gasteiger partial charge in [-0.25, -0.2) is 4.98 Å². The normalized spacial score (nSPS) is 14.2. The Bertz CT molecular complexity index is 610. The van der Waals surface area contributed by atoms with E-state index in [0.29, 0.717) is 19.1 Å². The summed E-state index contributed by atoms with van der Waals surface area (Å²) < 4.78 is 12.1. The molecule has 0 bridgehead atoms. The molecule has 0 saturated carbocycles. The van der Waals surface area contributed by atoms with Crippen LogP contribution in [-0.2, 0) is 0 Å². The third-order valence-electron chi connectivity index (χ3n) is 3.08. The van der Waals surface area contributed by atoms with E-state index < -0.39 is 0 Å². The van der Waals surface area contributed by atoms with E-state index in [-0.39, 0.29) is 0 Å². The SMILES string of the molecule is CC(C)c1cc2cc3c(cc2nc1Br)OCCO3. The van der Waals surface area contributed by atoms with Gasteiger partial charge < -0.3 is 9.47 Å². The number of hydrogen-bond donors (Lipinski definition) is 0. The molecule has 0 aliphatic carbocycles. The van der Waals surface area contributed by atoms with Crippen LogP contribution in [0.2, 0.25) is 0 Å². The Kier molecular flexibility index (Phi) is 2.90. The number of ether oxygens (including phenoxy) is 2. The minimum atomic E-state index is 0.435. The third kappa shape index (κ3) is 1.94. The fourth-order valence-corrected chi connectivity index (χ4v) is 2.87. The molecule has 2 heterocycles. The Morgan fingerprint density at radius 2 is 1.78 bits per heavy atom. The van der Waals surface area contributed by atoms with Gasteiger partial charge in [0.25, 0.3) is 0 Å². The first-order valence-electron chi connectivity index (χ1n) is 6.05. The Labute approximate surface area is 114 Å². The molecule has 2 aromatic rings. The molecule has 3 nitrogen and oxygen atoms in total. The predicted molar refractivity (Wildman–Crippen MR) is 74.5 cm³/mol. The van der Waals surface area contributed by atoms with Crippen LogP contribution in [0.3, 0.4) is 0 Å². The molecular formula is C14H14BrNO2. The summed E-state index contributed by atoms with van der Waals surface area (Å²) in [5, 5.41) is 1.09. The van der Waals surface area contributed by atoms with Crippen LogP contribution in [0.1, 0.15) is 25.3 Å². The number of nitrogens with zero attached hydrogens (tertiary/aromatic N) is 1. The van der Waals surface area contributed by atoms with Crippen molar-refractivity contribution in [3.8, 4) is 11.5 Å². The monoisotopic (exact) mass is 307 g/mol. The second-order valence-electron chi connectivity index (χ2n) is 4.71. The maximum atomic E-state index is 5.60. The second kappa shape index (κ2) is 4.43. The lowest BCUT2D eigenvalue weighted by atomic mass is 10.0. The fourth-order valence-electron chi connectivity index (χ4n) is 2.11. The molecule has 4 heteroatoms. The maximum Gasteiger partial charge on any atom is 0.163 e. The molecule has 0 N–H and O–H groups in total. The van der Waals surface area contributed by atoms with Crippen LogP contribution in [-0.4, -0.2) is 18.2 Å². The number of pyridine rings is 1. The van der Waals surface area contributed by atoms with Crippen molar-refractivity contribution < 1.29 is 9.47 Å². The van der Waals surface area contributed by atoms with Gasteiger partial charge in [0.05, 0.1) is 5.52 Å². The number of benzene rings is 1. The summed E-state index contributed by atoms with van der Waals surface area (Å²) in [6.45, 7) is 5.53. The number of halogens is 1. The largest absolute Gasteiger partial charge is 0.486 e. The van der Waals surface area contributed by atoms with Gasteiger partial charge in [0.15, 0.2) is 11.5 Å². The van der Waals surface area contributed by atoms with Crippen LogP contribution in [0.15, 0.2) is 22.8 Å². The average molecular weight is 308 g/mol. The third-order valence-corrected chi connectivity index (χ3v) is 3.72. The Hall–Kier alpha value is -1.29. The molecule has 1 aromatic heterocycles. The predicted octanol–water partition coefficient (Wildman–Crippen LogP) is 3.89. The Balaban J connectivity index is 2.21. The van der Waals surface area contributed by atoms with E-state index in [2.05, 4.69) is 40.8 Å². The second-order valence-corrected chi connectivity index (χ2v) is 5.46. The van der Waals surface area contributed by atoms with E-state index in [1.807, 2.05) is 12.1 Å². The van der Waals surface area contributed by atoms with Crippen molar-refractivity contribution in [2.45, 2.75) is 19.8 Å². The van der Waals surface area contributed by atoms with E-state index in [1.165, 1.54) is 5.56 Å². The zero-order chi connectivity index (χ0) is 12.7. The van der Waals surface area contributed by atoms with Crippen LogP contribution in [0.25, 0.3) is 10.9 Å². The van der Waals surface area contributed by atoms with Crippen LogP contribution in [0.4, 0.5) is 0 Å². The Morgan fingerprint density at radius 1 is 1.11 bits per heavy atom. The number of fused-ring (bicyclic) bond motifs is 2. The highest BCUT2D eigenvalue weighted by Gasteiger charge is 2.15. The summed E-state index contributed by atoms with van der Waals surface area (Å²) in [5.74, 6) is 2.03. The fraction of sp³-hybridized carbons (Fsp3) is 0.357. The van der Waals surface area contributed by atoms with Crippen molar-refractivity contribution in [1.82, 2.24) is 4.98 Å². The van der Waals surface area contributed by atoms with E-state index in [4.69, 9.17) is 9.47 Å².